The van der Waals surface area contributed by atoms with E-state index in [2.05, 4.69) is 10.6 Å². The Bertz CT molecular complexity index is 504. The van der Waals surface area contributed by atoms with Crippen molar-refractivity contribution in [1.82, 2.24) is 5.32 Å². The largest absolute Gasteiger partial charge is 0.389 e. The molecule has 0 saturated carbocycles. The van der Waals surface area contributed by atoms with Gasteiger partial charge in [-0.1, -0.05) is 23.8 Å². The van der Waals surface area contributed by atoms with Gasteiger partial charge >= 0.3 is 6.03 Å². The van der Waals surface area contributed by atoms with Crippen molar-refractivity contribution >= 4 is 40.5 Å². The summed E-state index contributed by atoms with van der Waals surface area (Å²) in [6.45, 7) is 1.20. The average molecular weight is 300 g/mol. The third kappa shape index (κ3) is 3.79. The Hall–Kier alpha value is -1.37. The maximum atomic E-state index is 11.8. The summed E-state index contributed by atoms with van der Waals surface area (Å²) in [6, 6.07) is 4.67. The van der Waals surface area contributed by atoms with Gasteiger partial charge in [-0.15, -0.1) is 0 Å². The zero-order chi connectivity index (χ0) is 13.8. The lowest BCUT2D eigenvalue weighted by Gasteiger charge is -2.14. The van der Waals surface area contributed by atoms with Crippen molar-refractivity contribution in [2.75, 3.05) is 18.5 Å². The minimum atomic E-state index is -0.324. The number of hydrogen-bond acceptors (Lipinski definition) is 3. The second-order valence-corrected chi connectivity index (χ2v) is 5.09. The van der Waals surface area contributed by atoms with Gasteiger partial charge in [0.2, 0.25) is 0 Å². The first kappa shape index (κ1) is 14.0. The standard InChI is InChI=1S/C12H14ClN3O2S/c13-7-1-2-9(11(14)19)10(5-7)16-12(17)15-8-3-4-18-6-8/h1-2,5,8H,3-4,6H2,(H2,14,19)(H2,15,16,17). The van der Waals surface area contributed by atoms with Crippen LogP contribution in [0, 0.1) is 0 Å². The predicted molar refractivity (Wildman–Crippen MR) is 78.7 cm³/mol. The molecular formula is C12H14ClN3O2S. The minimum Gasteiger partial charge on any atom is -0.389 e. The zero-order valence-corrected chi connectivity index (χ0v) is 11.7. The van der Waals surface area contributed by atoms with E-state index in [9.17, 15) is 4.79 Å². The summed E-state index contributed by atoms with van der Waals surface area (Å²) in [7, 11) is 0. The van der Waals surface area contributed by atoms with E-state index >= 15 is 0 Å². The SMILES string of the molecule is NC(=S)c1ccc(Cl)cc1NC(=O)NC1CCOC1. The van der Waals surface area contributed by atoms with Crippen molar-refractivity contribution in [3.8, 4) is 0 Å². The van der Waals surface area contributed by atoms with Crippen LogP contribution in [0.25, 0.3) is 0 Å². The van der Waals surface area contributed by atoms with Gasteiger partial charge in [0.25, 0.3) is 0 Å². The molecule has 0 radical (unpaired) electrons. The van der Waals surface area contributed by atoms with E-state index in [1.807, 2.05) is 0 Å². The van der Waals surface area contributed by atoms with Gasteiger partial charge in [0.15, 0.2) is 0 Å². The van der Waals surface area contributed by atoms with Gasteiger partial charge in [-0.25, -0.2) is 4.79 Å². The van der Waals surface area contributed by atoms with Gasteiger partial charge in [0.1, 0.15) is 4.99 Å². The number of hydrogen-bond donors (Lipinski definition) is 3. The number of ether oxygens (including phenoxy) is 1. The zero-order valence-electron chi connectivity index (χ0n) is 10.1. The molecule has 4 N–H and O–H groups in total. The van der Waals surface area contributed by atoms with E-state index in [-0.39, 0.29) is 17.1 Å². The summed E-state index contributed by atoms with van der Waals surface area (Å²) in [5.41, 5.74) is 6.68. The molecular weight excluding hydrogens is 286 g/mol. The number of anilines is 1. The molecule has 1 atom stereocenters. The third-order valence-electron chi connectivity index (χ3n) is 2.76. The molecule has 1 heterocycles. The second-order valence-electron chi connectivity index (χ2n) is 4.21. The number of thiocarbonyl (C=S) groups is 1. The number of carbonyl (C=O) groups is 1. The van der Waals surface area contributed by atoms with Gasteiger partial charge in [-0.2, -0.15) is 0 Å². The average Bonchev–Trinajstić information content (AvgIpc) is 2.81. The molecule has 2 amide bonds. The smallest absolute Gasteiger partial charge is 0.319 e. The first-order valence-corrected chi connectivity index (χ1v) is 6.59. The fourth-order valence-corrected chi connectivity index (χ4v) is 2.18. The quantitative estimate of drug-likeness (QED) is 0.745. The molecule has 102 valence electrons. The van der Waals surface area contributed by atoms with Crippen LogP contribution in [0.5, 0.6) is 0 Å². The van der Waals surface area contributed by atoms with Gasteiger partial charge in [0, 0.05) is 17.2 Å². The van der Waals surface area contributed by atoms with Crippen LogP contribution in [-0.4, -0.2) is 30.3 Å². The summed E-state index contributed by atoms with van der Waals surface area (Å²) < 4.78 is 5.18. The number of nitrogens with two attached hydrogens (primary N) is 1. The number of benzene rings is 1. The molecule has 0 bridgehead atoms. The Morgan fingerprint density at radius 3 is 2.95 bits per heavy atom. The molecule has 1 unspecified atom stereocenters. The summed E-state index contributed by atoms with van der Waals surface area (Å²) in [5, 5.41) is 6.01. The van der Waals surface area contributed by atoms with Crippen LogP contribution in [0.15, 0.2) is 18.2 Å². The lowest BCUT2D eigenvalue weighted by atomic mass is 10.2. The molecule has 1 saturated heterocycles. The highest BCUT2D eigenvalue weighted by Crippen LogP contribution is 2.21. The molecule has 0 aromatic heterocycles. The number of urea groups is 1. The van der Waals surface area contributed by atoms with Crippen LogP contribution in [0.3, 0.4) is 0 Å². The van der Waals surface area contributed by atoms with E-state index < -0.39 is 0 Å². The van der Waals surface area contributed by atoms with Crippen LogP contribution in [0.4, 0.5) is 10.5 Å². The summed E-state index contributed by atoms with van der Waals surface area (Å²) >= 11 is 10.8. The number of nitrogens with one attached hydrogen (secondary N) is 2. The fraction of sp³-hybridized carbons (Fsp3) is 0.333. The van der Waals surface area contributed by atoms with Crippen LogP contribution in [0.2, 0.25) is 5.02 Å². The lowest BCUT2D eigenvalue weighted by Crippen LogP contribution is -2.38. The lowest BCUT2D eigenvalue weighted by molar-refractivity contribution is 0.189. The topological polar surface area (TPSA) is 76.4 Å². The van der Waals surface area contributed by atoms with Crippen LogP contribution >= 0.6 is 23.8 Å². The van der Waals surface area contributed by atoms with Crippen molar-refractivity contribution in [2.24, 2.45) is 5.73 Å². The van der Waals surface area contributed by atoms with Crippen molar-refractivity contribution in [1.29, 1.82) is 0 Å². The highest BCUT2D eigenvalue weighted by atomic mass is 35.5. The van der Waals surface area contributed by atoms with Gasteiger partial charge in [-0.05, 0) is 24.6 Å². The molecule has 1 aliphatic heterocycles. The van der Waals surface area contributed by atoms with Crippen LogP contribution < -0.4 is 16.4 Å². The molecule has 1 aromatic carbocycles. The minimum absolute atomic E-state index is 0.0347. The maximum absolute atomic E-state index is 11.8. The van der Waals surface area contributed by atoms with E-state index in [1.54, 1.807) is 18.2 Å². The van der Waals surface area contributed by atoms with Crippen molar-refractivity contribution in [3.05, 3.63) is 28.8 Å². The van der Waals surface area contributed by atoms with Crippen molar-refractivity contribution < 1.29 is 9.53 Å². The molecule has 19 heavy (non-hydrogen) atoms. The Kier molecular flexibility index (Phi) is 4.57. The van der Waals surface area contributed by atoms with E-state index in [0.717, 1.165) is 6.42 Å². The van der Waals surface area contributed by atoms with E-state index in [4.69, 9.17) is 34.3 Å². The molecule has 2 rings (SSSR count). The van der Waals surface area contributed by atoms with Gasteiger partial charge in [0.05, 0.1) is 18.3 Å². The maximum Gasteiger partial charge on any atom is 0.319 e. The summed E-state index contributed by atoms with van der Waals surface area (Å²) in [6.07, 6.45) is 0.811. The van der Waals surface area contributed by atoms with Gasteiger partial charge in [-0.3, -0.25) is 0 Å². The first-order chi connectivity index (χ1) is 9.06. The fourth-order valence-electron chi connectivity index (χ4n) is 1.83. The summed E-state index contributed by atoms with van der Waals surface area (Å²) in [4.78, 5) is 12.1. The Morgan fingerprint density at radius 2 is 2.32 bits per heavy atom. The molecule has 1 fully saturated rings. The Morgan fingerprint density at radius 1 is 1.53 bits per heavy atom. The first-order valence-electron chi connectivity index (χ1n) is 5.81. The normalized spacial score (nSPS) is 18.1. The highest BCUT2D eigenvalue weighted by molar-refractivity contribution is 7.80. The molecule has 0 aliphatic carbocycles. The molecule has 7 heteroatoms. The van der Waals surface area contributed by atoms with Gasteiger partial charge < -0.3 is 21.1 Å². The monoisotopic (exact) mass is 299 g/mol. The predicted octanol–water partition coefficient (Wildman–Crippen LogP) is 1.88. The van der Waals surface area contributed by atoms with Crippen LogP contribution in [-0.2, 0) is 4.74 Å². The number of carbonyl (C=O) groups excluding carboxylic acids is 1. The van der Waals surface area contributed by atoms with Crippen molar-refractivity contribution in [3.63, 3.8) is 0 Å². The molecule has 5 nitrogen and oxygen atoms in total. The highest BCUT2D eigenvalue weighted by Gasteiger charge is 2.18. The summed E-state index contributed by atoms with van der Waals surface area (Å²) in [5.74, 6) is 0. The Labute approximate surface area is 121 Å². The van der Waals surface area contributed by atoms with E-state index in [1.165, 1.54) is 0 Å². The number of rotatable bonds is 3. The number of amides is 2. The third-order valence-corrected chi connectivity index (χ3v) is 3.22. The molecule has 0 spiro atoms. The van der Waals surface area contributed by atoms with Crippen LogP contribution in [0.1, 0.15) is 12.0 Å². The van der Waals surface area contributed by atoms with E-state index in [0.29, 0.717) is 29.5 Å². The van der Waals surface area contributed by atoms with Crippen molar-refractivity contribution in [2.45, 2.75) is 12.5 Å². The Balaban J connectivity index is 2.06. The molecule has 1 aromatic rings. The molecule has 1 aliphatic rings. The second kappa shape index (κ2) is 6.18. The number of halogens is 1.